The monoisotopic (exact) mass is 270 g/mol. The molecule has 1 saturated carbocycles. The molecule has 1 heterocycles. The molecule has 1 aromatic carbocycles. The van der Waals surface area contributed by atoms with Gasteiger partial charge in [0.25, 0.3) is 0 Å². The van der Waals surface area contributed by atoms with E-state index in [1.165, 1.54) is 0 Å². The molecule has 4 rings (SSSR count). The van der Waals surface area contributed by atoms with E-state index in [4.69, 9.17) is 9.47 Å². The van der Waals surface area contributed by atoms with Gasteiger partial charge >= 0.3 is 0 Å². The van der Waals surface area contributed by atoms with Crippen molar-refractivity contribution in [2.24, 2.45) is 11.3 Å². The van der Waals surface area contributed by atoms with Gasteiger partial charge in [0.15, 0.2) is 5.78 Å². The first kappa shape index (κ1) is 12.3. The van der Waals surface area contributed by atoms with Gasteiger partial charge in [0.05, 0.1) is 32.3 Å². The molecule has 0 N–H and O–H groups in total. The van der Waals surface area contributed by atoms with E-state index in [9.17, 15) is 4.79 Å². The lowest BCUT2D eigenvalue weighted by Crippen LogP contribution is -2.24. The van der Waals surface area contributed by atoms with E-state index >= 15 is 0 Å². The number of benzene rings is 1. The number of ketones is 1. The van der Waals surface area contributed by atoms with Crippen molar-refractivity contribution in [1.29, 1.82) is 0 Å². The molecule has 0 amide bonds. The Morgan fingerprint density at radius 1 is 1.00 bits per heavy atom. The van der Waals surface area contributed by atoms with E-state index in [1.54, 1.807) is 0 Å². The maximum Gasteiger partial charge on any atom is 0.167 e. The highest BCUT2D eigenvalue weighted by molar-refractivity contribution is 6.01. The maximum absolute atomic E-state index is 12.4. The van der Waals surface area contributed by atoms with E-state index in [0.717, 1.165) is 29.5 Å². The SMILES string of the molecule is O=C1C2=CC3(CC3)C1COCc1ccccc1COC2. The number of Topliss-reactive ketones (excluding diaryl/α,β-unsaturated/α-hetero) is 1. The molecule has 1 aliphatic heterocycles. The lowest BCUT2D eigenvalue weighted by atomic mass is 9.92. The van der Waals surface area contributed by atoms with Crippen molar-refractivity contribution in [3.8, 4) is 0 Å². The Labute approximate surface area is 118 Å². The second-order valence-electron chi connectivity index (χ2n) is 6.10. The molecule has 1 aromatic rings. The summed E-state index contributed by atoms with van der Waals surface area (Å²) in [6.45, 7) is 2.08. The lowest BCUT2D eigenvalue weighted by molar-refractivity contribution is -0.122. The quantitative estimate of drug-likeness (QED) is 0.727. The Hall–Kier alpha value is -1.45. The van der Waals surface area contributed by atoms with E-state index in [0.29, 0.717) is 26.4 Å². The highest BCUT2D eigenvalue weighted by Gasteiger charge is 2.55. The molecule has 1 spiro atoms. The highest BCUT2D eigenvalue weighted by Crippen LogP contribution is 2.58. The number of ether oxygens (including phenoxy) is 2. The lowest BCUT2D eigenvalue weighted by Gasteiger charge is -2.17. The minimum Gasteiger partial charge on any atom is -0.376 e. The van der Waals surface area contributed by atoms with Crippen molar-refractivity contribution in [3.05, 3.63) is 47.0 Å². The molecule has 2 aliphatic carbocycles. The summed E-state index contributed by atoms with van der Waals surface area (Å²) in [6, 6.07) is 8.16. The summed E-state index contributed by atoms with van der Waals surface area (Å²) >= 11 is 0. The Bertz CT molecular complexity index is 584. The van der Waals surface area contributed by atoms with Crippen LogP contribution in [0.1, 0.15) is 24.0 Å². The topological polar surface area (TPSA) is 35.5 Å². The molecule has 0 radical (unpaired) electrons. The second-order valence-corrected chi connectivity index (χ2v) is 6.10. The molecule has 3 heteroatoms. The fraction of sp³-hybridized carbons (Fsp3) is 0.471. The summed E-state index contributed by atoms with van der Waals surface area (Å²) in [5, 5.41) is 0. The zero-order valence-corrected chi connectivity index (χ0v) is 11.4. The van der Waals surface area contributed by atoms with Crippen LogP contribution >= 0.6 is 0 Å². The Morgan fingerprint density at radius 2 is 1.70 bits per heavy atom. The van der Waals surface area contributed by atoms with Crippen molar-refractivity contribution in [3.63, 3.8) is 0 Å². The molecule has 1 unspecified atom stereocenters. The molecule has 1 atom stereocenters. The van der Waals surface area contributed by atoms with Gasteiger partial charge in [0, 0.05) is 11.0 Å². The maximum atomic E-state index is 12.4. The van der Waals surface area contributed by atoms with E-state index in [2.05, 4.69) is 18.2 Å². The van der Waals surface area contributed by atoms with Crippen LogP contribution in [0.25, 0.3) is 0 Å². The molecule has 20 heavy (non-hydrogen) atoms. The third-order valence-electron chi connectivity index (χ3n) is 4.79. The van der Waals surface area contributed by atoms with Gasteiger partial charge in [-0.15, -0.1) is 0 Å². The average molecular weight is 270 g/mol. The number of rotatable bonds is 0. The van der Waals surface area contributed by atoms with Gasteiger partial charge in [0.2, 0.25) is 0 Å². The van der Waals surface area contributed by atoms with Crippen LogP contribution in [0, 0.1) is 11.3 Å². The van der Waals surface area contributed by atoms with E-state index in [1.807, 2.05) is 12.1 Å². The highest BCUT2D eigenvalue weighted by atomic mass is 16.5. The normalized spacial score (nSPS) is 27.7. The summed E-state index contributed by atoms with van der Waals surface area (Å²) < 4.78 is 11.6. The van der Waals surface area contributed by atoms with Crippen molar-refractivity contribution in [2.45, 2.75) is 26.1 Å². The second kappa shape index (κ2) is 4.54. The van der Waals surface area contributed by atoms with Crippen LogP contribution in [0.4, 0.5) is 0 Å². The first-order chi connectivity index (χ1) is 9.78. The van der Waals surface area contributed by atoms with Gasteiger partial charge in [-0.3, -0.25) is 4.79 Å². The summed E-state index contributed by atoms with van der Waals surface area (Å²) in [5.41, 5.74) is 3.28. The number of hydrogen-bond donors (Lipinski definition) is 0. The van der Waals surface area contributed by atoms with Crippen LogP contribution in [-0.4, -0.2) is 19.0 Å². The molecule has 0 aromatic heterocycles. The van der Waals surface area contributed by atoms with Crippen LogP contribution in [0.3, 0.4) is 0 Å². The third kappa shape index (κ3) is 1.93. The van der Waals surface area contributed by atoms with E-state index in [-0.39, 0.29) is 17.1 Å². The van der Waals surface area contributed by atoms with Crippen LogP contribution < -0.4 is 0 Å². The standard InChI is InChI=1S/C17H18O3/c18-16-14-7-17(5-6-17)15(16)11-20-9-13-4-2-1-3-12(13)8-19-10-14/h1-4,7,15H,5-6,8-11H2. The molecule has 3 aliphatic rings. The average Bonchev–Trinajstić information content (AvgIpc) is 3.17. The van der Waals surface area contributed by atoms with Gasteiger partial charge in [-0.25, -0.2) is 0 Å². The molecule has 1 fully saturated rings. The van der Waals surface area contributed by atoms with Crippen molar-refractivity contribution in [2.75, 3.05) is 13.2 Å². The summed E-state index contributed by atoms with van der Waals surface area (Å²) in [6.07, 6.45) is 4.40. The number of carbonyl (C=O) groups excluding carboxylic acids is 1. The van der Waals surface area contributed by atoms with Gasteiger partial charge < -0.3 is 9.47 Å². The van der Waals surface area contributed by atoms with E-state index < -0.39 is 0 Å². The number of allylic oxidation sites excluding steroid dienone is 1. The van der Waals surface area contributed by atoms with Crippen molar-refractivity contribution in [1.82, 2.24) is 0 Å². The fourth-order valence-corrected chi connectivity index (χ4v) is 3.39. The number of carbonyl (C=O) groups is 1. The third-order valence-corrected chi connectivity index (χ3v) is 4.79. The fourth-order valence-electron chi connectivity index (χ4n) is 3.39. The Balaban J connectivity index is 1.62. The summed E-state index contributed by atoms with van der Waals surface area (Å²) in [4.78, 5) is 12.4. The van der Waals surface area contributed by atoms with Crippen LogP contribution in [0.2, 0.25) is 0 Å². The number of hydrogen-bond acceptors (Lipinski definition) is 3. The van der Waals surface area contributed by atoms with Crippen LogP contribution in [0.15, 0.2) is 35.9 Å². The van der Waals surface area contributed by atoms with Gasteiger partial charge in [-0.1, -0.05) is 30.3 Å². The smallest absolute Gasteiger partial charge is 0.167 e. The Kier molecular flexibility index (Phi) is 2.79. The minimum atomic E-state index is 0.0198. The molecule has 0 saturated heterocycles. The van der Waals surface area contributed by atoms with Gasteiger partial charge in [-0.2, -0.15) is 0 Å². The Morgan fingerprint density at radius 3 is 2.40 bits per heavy atom. The molecular weight excluding hydrogens is 252 g/mol. The van der Waals surface area contributed by atoms with Gasteiger partial charge in [0.1, 0.15) is 0 Å². The first-order valence-electron chi connectivity index (χ1n) is 7.27. The summed E-state index contributed by atoms with van der Waals surface area (Å²) in [5.74, 6) is 0.264. The zero-order valence-electron chi connectivity index (χ0n) is 11.4. The minimum absolute atomic E-state index is 0.0198. The first-order valence-corrected chi connectivity index (χ1v) is 7.27. The predicted octanol–water partition coefficient (Wildman–Crippen LogP) is 2.64. The molecule has 3 nitrogen and oxygen atoms in total. The predicted molar refractivity (Wildman–Crippen MR) is 74.0 cm³/mol. The van der Waals surface area contributed by atoms with Crippen LogP contribution in [0.5, 0.6) is 0 Å². The molecule has 104 valence electrons. The van der Waals surface area contributed by atoms with Gasteiger partial charge in [-0.05, 0) is 24.0 Å². The number of fused-ring (bicyclic) bond motifs is 4. The van der Waals surface area contributed by atoms with Crippen molar-refractivity contribution >= 4 is 5.78 Å². The van der Waals surface area contributed by atoms with Crippen molar-refractivity contribution < 1.29 is 14.3 Å². The molecule has 2 bridgehead atoms. The molecular formula is C17H18O3. The van der Waals surface area contributed by atoms with Crippen LogP contribution in [-0.2, 0) is 27.5 Å². The summed E-state index contributed by atoms with van der Waals surface area (Å²) in [7, 11) is 0. The largest absolute Gasteiger partial charge is 0.376 e. The zero-order chi connectivity index (χ0) is 13.6.